The van der Waals surface area contributed by atoms with Gasteiger partial charge >= 0.3 is 0 Å². The molecule has 0 radical (unpaired) electrons. The number of aliphatic hydroxyl groups excluding tert-OH is 1. The summed E-state index contributed by atoms with van der Waals surface area (Å²) >= 11 is 0. The number of hydrogen-bond donors (Lipinski definition) is 1. The molecule has 0 unspecified atom stereocenters. The maximum atomic E-state index is 12.4. The zero-order valence-electron chi connectivity index (χ0n) is 12.9. The lowest BCUT2D eigenvalue weighted by molar-refractivity contribution is 0.0764. The summed E-state index contributed by atoms with van der Waals surface area (Å²) in [7, 11) is -0.585. The first-order chi connectivity index (χ1) is 10.7. The number of carbonyl (C=O) groups excluding carboxylic acids is 1. The molecule has 8 nitrogen and oxygen atoms in total. The van der Waals surface area contributed by atoms with Crippen molar-refractivity contribution >= 4 is 15.9 Å². The van der Waals surface area contributed by atoms with Gasteiger partial charge in [0.05, 0.1) is 17.4 Å². The van der Waals surface area contributed by atoms with Crippen molar-refractivity contribution in [2.75, 3.05) is 32.9 Å². The van der Waals surface area contributed by atoms with Crippen molar-refractivity contribution in [1.82, 2.24) is 14.2 Å². The van der Waals surface area contributed by atoms with Crippen LogP contribution in [0.4, 0.5) is 0 Å². The molecular formula is C14H18N4O4S. The third-order valence-electron chi connectivity index (χ3n) is 3.80. The summed E-state index contributed by atoms with van der Waals surface area (Å²) in [6.45, 7) is 0.236. The second-order valence-corrected chi connectivity index (χ2v) is 7.87. The van der Waals surface area contributed by atoms with Gasteiger partial charge in [-0.15, -0.1) is 0 Å². The van der Waals surface area contributed by atoms with Crippen LogP contribution in [0.3, 0.4) is 0 Å². The van der Waals surface area contributed by atoms with E-state index in [0.29, 0.717) is 5.56 Å². The highest BCUT2D eigenvalue weighted by atomic mass is 32.2. The fourth-order valence-corrected chi connectivity index (χ4v) is 3.54. The summed E-state index contributed by atoms with van der Waals surface area (Å²) in [5.74, 6) is -1.08. The molecule has 2 heterocycles. The quantitative estimate of drug-likeness (QED) is 0.774. The van der Waals surface area contributed by atoms with Gasteiger partial charge in [0.2, 0.25) is 10.0 Å². The van der Waals surface area contributed by atoms with E-state index in [1.165, 1.54) is 37.3 Å². The number of likely N-dealkylation sites (tertiary alicyclic amines) is 1. The SMILES string of the molecule is CN(C)S(=O)(=O)C[C@@H]1CN(C(=O)c2ccc(C#N)nc2)C[C@@H]1O. The van der Waals surface area contributed by atoms with E-state index in [9.17, 15) is 18.3 Å². The zero-order chi connectivity index (χ0) is 17.2. The third-order valence-corrected chi connectivity index (χ3v) is 5.76. The molecule has 1 saturated heterocycles. The molecule has 1 fully saturated rings. The van der Waals surface area contributed by atoms with Gasteiger partial charge in [-0.25, -0.2) is 17.7 Å². The van der Waals surface area contributed by atoms with Crippen molar-refractivity contribution in [2.45, 2.75) is 6.10 Å². The van der Waals surface area contributed by atoms with Gasteiger partial charge in [0.15, 0.2) is 0 Å². The summed E-state index contributed by atoms with van der Waals surface area (Å²) in [5, 5.41) is 18.7. The molecule has 0 aromatic carbocycles. The average Bonchev–Trinajstić information content (AvgIpc) is 2.87. The standard InChI is InChI=1S/C14H18N4O4S/c1-17(2)23(21,22)9-11-7-18(8-13(11)19)14(20)10-3-4-12(5-15)16-6-10/h3-4,6,11,13,19H,7-9H2,1-2H3/t11-,13-/m0/s1. The first kappa shape index (κ1) is 17.3. The third kappa shape index (κ3) is 3.85. The molecule has 1 aromatic heterocycles. The van der Waals surface area contributed by atoms with E-state index in [-0.39, 0.29) is 30.4 Å². The minimum Gasteiger partial charge on any atom is -0.391 e. The Kier molecular flexibility index (Phi) is 4.99. The molecule has 2 rings (SSSR count). The lowest BCUT2D eigenvalue weighted by Gasteiger charge is -2.18. The van der Waals surface area contributed by atoms with Crippen LogP contribution in [0.15, 0.2) is 18.3 Å². The molecule has 1 amide bonds. The Labute approximate surface area is 135 Å². The van der Waals surface area contributed by atoms with E-state index in [1.54, 1.807) is 0 Å². The van der Waals surface area contributed by atoms with E-state index in [2.05, 4.69) is 4.98 Å². The number of carbonyl (C=O) groups is 1. The summed E-state index contributed by atoms with van der Waals surface area (Å²) in [6.07, 6.45) is 0.414. The van der Waals surface area contributed by atoms with Gasteiger partial charge in [-0.05, 0) is 12.1 Å². The van der Waals surface area contributed by atoms with E-state index in [1.807, 2.05) is 6.07 Å². The smallest absolute Gasteiger partial charge is 0.255 e. The van der Waals surface area contributed by atoms with Crippen molar-refractivity contribution < 1.29 is 18.3 Å². The Morgan fingerprint density at radius 3 is 2.70 bits per heavy atom. The van der Waals surface area contributed by atoms with Crippen LogP contribution in [0.2, 0.25) is 0 Å². The molecule has 0 aliphatic carbocycles. The van der Waals surface area contributed by atoms with Crippen LogP contribution in [0.1, 0.15) is 16.1 Å². The number of aromatic nitrogens is 1. The van der Waals surface area contributed by atoms with Crippen LogP contribution in [-0.2, 0) is 10.0 Å². The highest BCUT2D eigenvalue weighted by molar-refractivity contribution is 7.89. The minimum absolute atomic E-state index is 0.0758. The fraction of sp³-hybridized carbons (Fsp3) is 0.500. The monoisotopic (exact) mass is 338 g/mol. The highest BCUT2D eigenvalue weighted by Crippen LogP contribution is 2.21. The number of nitrogens with zero attached hydrogens (tertiary/aromatic N) is 4. The molecule has 23 heavy (non-hydrogen) atoms. The highest BCUT2D eigenvalue weighted by Gasteiger charge is 2.37. The predicted molar refractivity (Wildman–Crippen MR) is 81.8 cm³/mol. The van der Waals surface area contributed by atoms with Gasteiger partial charge in [0, 0.05) is 39.3 Å². The van der Waals surface area contributed by atoms with Crippen LogP contribution >= 0.6 is 0 Å². The Morgan fingerprint density at radius 2 is 2.17 bits per heavy atom. The van der Waals surface area contributed by atoms with Crippen LogP contribution in [0.5, 0.6) is 0 Å². The van der Waals surface area contributed by atoms with Crippen LogP contribution in [-0.4, -0.2) is 72.7 Å². The van der Waals surface area contributed by atoms with E-state index in [0.717, 1.165) is 4.31 Å². The summed E-state index contributed by atoms with van der Waals surface area (Å²) in [5.41, 5.74) is 0.505. The van der Waals surface area contributed by atoms with Crippen LogP contribution < -0.4 is 0 Å². The van der Waals surface area contributed by atoms with Crippen LogP contribution in [0, 0.1) is 17.2 Å². The molecule has 0 spiro atoms. The number of pyridine rings is 1. The molecule has 1 aliphatic heterocycles. The lowest BCUT2D eigenvalue weighted by atomic mass is 10.1. The second-order valence-electron chi connectivity index (χ2n) is 5.64. The number of sulfonamides is 1. The summed E-state index contributed by atoms with van der Waals surface area (Å²) in [4.78, 5) is 17.6. The summed E-state index contributed by atoms with van der Waals surface area (Å²) < 4.78 is 24.9. The Bertz CT molecular complexity index is 724. The van der Waals surface area contributed by atoms with Crippen molar-refractivity contribution in [3.63, 3.8) is 0 Å². The largest absolute Gasteiger partial charge is 0.391 e. The molecule has 124 valence electrons. The Morgan fingerprint density at radius 1 is 1.48 bits per heavy atom. The van der Waals surface area contributed by atoms with E-state index < -0.39 is 22.0 Å². The maximum absolute atomic E-state index is 12.4. The van der Waals surface area contributed by atoms with Gasteiger partial charge in [-0.3, -0.25) is 4.79 Å². The number of rotatable bonds is 4. The maximum Gasteiger partial charge on any atom is 0.255 e. The molecule has 1 N–H and O–H groups in total. The number of amides is 1. The molecule has 1 aliphatic rings. The lowest BCUT2D eigenvalue weighted by Crippen LogP contribution is -2.33. The molecule has 9 heteroatoms. The Balaban J connectivity index is 2.08. The zero-order valence-corrected chi connectivity index (χ0v) is 13.7. The fourth-order valence-electron chi connectivity index (χ4n) is 2.37. The first-order valence-corrected chi connectivity index (χ1v) is 8.59. The van der Waals surface area contributed by atoms with Crippen molar-refractivity contribution in [3.8, 4) is 6.07 Å². The number of β-amino-alcohol motifs (C(OH)–C–C–N with tert-alkyl or cyclic N) is 1. The van der Waals surface area contributed by atoms with Gasteiger partial charge in [0.25, 0.3) is 5.91 Å². The summed E-state index contributed by atoms with van der Waals surface area (Å²) in [6, 6.07) is 4.79. The number of nitriles is 1. The normalized spacial score (nSPS) is 21.4. The molecule has 0 saturated carbocycles. The van der Waals surface area contributed by atoms with Gasteiger partial charge in [0.1, 0.15) is 11.8 Å². The van der Waals surface area contributed by atoms with Gasteiger partial charge in [-0.1, -0.05) is 0 Å². The molecular weight excluding hydrogens is 320 g/mol. The topological polar surface area (TPSA) is 115 Å². The average molecular weight is 338 g/mol. The van der Waals surface area contributed by atoms with E-state index >= 15 is 0 Å². The minimum atomic E-state index is -3.45. The molecule has 0 bridgehead atoms. The van der Waals surface area contributed by atoms with Crippen molar-refractivity contribution in [3.05, 3.63) is 29.6 Å². The number of hydrogen-bond acceptors (Lipinski definition) is 6. The van der Waals surface area contributed by atoms with Gasteiger partial charge in [-0.2, -0.15) is 5.26 Å². The first-order valence-electron chi connectivity index (χ1n) is 6.98. The predicted octanol–water partition coefficient (Wildman–Crippen LogP) is -0.722. The molecule has 1 aromatic rings. The van der Waals surface area contributed by atoms with Gasteiger partial charge < -0.3 is 10.0 Å². The van der Waals surface area contributed by atoms with Crippen molar-refractivity contribution in [2.24, 2.45) is 5.92 Å². The van der Waals surface area contributed by atoms with Crippen molar-refractivity contribution in [1.29, 1.82) is 5.26 Å². The van der Waals surface area contributed by atoms with E-state index in [4.69, 9.17) is 5.26 Å². The number of aliphatic hydroxyl groups is 1. The Hall–Kier alpha value is -2.02. The van der Waals surface area contributed by atoms with Crippen LogP contribution in [0.25, 0.3) is 0 Å². The molecule has 2 atom stereocenters. The second kappa shape index (κ2) is 6.62.